The Balaban J connectivity index is 2.17. The molecular weight excluding hydrogens is 330 g/mol. The summed E-state index contributed by atoms with van der Waals surface area (Å²) in [6.07, 6.45) is 1.01. The van der Waals surface area contributed by atoms with E-state index in [0.29, 0.717) is 24.2 Å². The number of nitrogens with two attached hydrogens (primary N) is 1. The van der Waals surface area contributed by atoms with E-state index in [-0.39, 0.29) is 29.3 Å². The molecule has 1 aromatic rings. The zero-order valence-corrected chi connectivity index (χ0v) is 15.7. The van der Waals surface area contributed by atoms with Crippen LogP contribution in [0.4, 0.5) is 0 Å². The highest BCUT2D eigenvalue weighted by Crippen LogP contribution is 2.48. The number of esters is 1. The maximum atomic E-state index is 13.0. The predicted molar refractivity (Wildman–Crippen MR) is 97.9 cm³/mol. The van der Waals surface area contributed by atoms with Gasteiger partial charge in [-0.3, -0.25) is 4.79 Å². The molecule has 2 N–H and O–H groups in total. The standard InChI is InChI=1S/C21H25NO4/c1-5-25-20(24)18-16(13-8-6-12(2)7-9-13)17-14(23)10-21(3,4)11-15(17)26-19(18)22/h6-9,16H,5,10-11,22H2,1-4H3/t16-/m0/s1. The molecule has 0 saturated carbocycles. The first kappa shape index (κ1) is 18.2. The van der Waals surface area contributed by atoms with Gasteiger partial charge < -0.3 is 15.2 Å². The molecular formula is C21H25NO4. The van der Waals surface area contributed by atoms with Gasteiger partial charge in [-0.25, -0.2) is 4.79 Å². The van der Waals surface area contributed by atoms with Crippen LogP contribution in [0.3, 0.4) is 0 Å². The summed E-state index contributed by atoms with van der Waals surface area (Å²) >= 11 is 0. The van der Waals surface area contributed by atoms with Gasteiger partial charge in [0.1, 0.15) is 11.3 Å². The number of hydrogen-bond donors (Lipinski definition) is 1. The van der Waals surface area contributed by atoms with Crippen LogP contribution < -0.4 is 5.73 Å². The normalized spacial score (nSPS) is 22.0. The zero-order chi connectivity index (χ0) is 19.1. The van der Waals surface area contributed by atoms with Crippen molar-refractivity contribution in [3.05, 3.63) is 58.2 Å². The monoisotopic (exact) mass is 355 g/mol. The van der Waals surface area contributed by atoms with Gasteiger partial charge in [0.15, 0.2) is 5.78 Å². The van der Waals surface area contributed by atoms with Crippen molar-refractivity contribution < 1.29 is 19.1 Å². The van der Waals surface area contributed by atoms with Crippen molar-refractivity contribution in [2.24, 2.45) is 11.1 Å². The lowest BCUT2D eigenvalue weighted by Crippen LogP contribution is -2.35. The fourth-order valence-corrected chi connectivity index (χ4v) is 3.68. The number of hydrogen-bond acceptors (Lipinski definition) is 5. The molecule has 0 saturated heterocycles. The minimum absolute atomic E-state index is 0.00359. The fourth-order valence-electron chi connectivity index (χ4n) is 3.68. The number of ketones is 1. The summed E-state index contributed by atoms with van der Waals surface area (Å²) in [7, 11) is 0. The number of benzene rings is 1. The maximum absolute atomic E-state index is 13.0. The van der Waals surface area contributed by atoms with E-state index < -0.39 is 11.9 Å². The summed E-state index contributed by atoms with van der Waals surface area (Å²) in [5.74, 6) is -0.501. The van der Waals surface area contributed by atoms with E-state index in [9.17, 15) is 9.59 Å². The SMILES string of the molecule is CCOC(=O)C1=C(N)OC2=C(C(=O)CC(C)(C)C2)[C@@H]1c1ccc(C)cc1. The molecule has 0 bridgehead atoms. The second kappa shape index (κ2) is 6.63. The Bertz CT molecular complexity index is 815. The summed E-state index contributed by atoms with van der Waals surface area (Å²) < 4.78 is 11.0. The lowest BCUT2D eigenvalue weighted by atomic mass is 9.70. The van der Waals surface area contributed by atoms with Crippen molar-refractivity contribution in [1.82, 2.24) is 0 Å². The number of carbonyl (C=O) groups is 2. The van der Waals surface area contributed by atoms with Gasteiger partial charge in [-0.05, 0) is 24.8 Å². The van der Waals surface area contributed by atoms with Crippen molar-refractivity contribution in [1.29, 1.82) is 0 Å². The smallest absolute Gasteiger partial charge is 0.340 e. The molecule has 0 aromatic heterocycles. The summed E-state index contributed by atoms with van der Waals surface area (Å²) in [6, 6.07) is 7.77. The summed E-state index contributed by atoms with van der Waals surface area (Å²) in [5, 5.41) is 0. The molecule has 5 nitrogen and oxygen atoms in total. The first-order chi connectivity index (χ1) is 12.2. The van der Waals surface area contributed by atoms with Crippen LogP contribution in [-0.2, 0) is 19.1 Å². The quantitative estimate of drug-likeness (QED) is 0.840. The van der Waals surface area contributed by atoms with Gasteiger partial charge in [-0.1, -0.05) is 43.7 Å². The van der Waals surface area contributed by atoms with Gasteiger partial charge >= 0.3 is 5.97 Å². The zero-order valence-electron chi connectivity index (χ0n) is 15.7. The molecule has 0 unspecified atom stereocenters. The van der Waals surface area contributed by atoms with E-state index >= 15 is 0 Å². The first-order valence-electron chi connectivity index (χ1n) is 8.91. The molecule has 0 fully saturated rings. The Labute approximate surface area is 153 Å². The molecule has 1 aromatic carbocycles. The number of ether oxygens (including phenoxy) is 2. The van der Waals surface area contributed by atoms with Crippen LogP contribution >= 0.6 is 0 Å². The lowest BCUT2D eigenvalue weighted by Gasteiger charge is -2.37. The summed E-state index contributed by atoms with van der Waals surface area (Å²) in [6.45, 7) is 8.00. The van der Waals surface area contributed by atoms with E-state index in [1.165, 1.54) is 0 Å². The van der Waals surface area contributed by atoms with Crippen LogP contribution in [0, 0.1) is 12.3 Å². The second-order valence-corrected chi connectivity index (χ2v) is 7.72. The molecule has 1 atom stereocenters. The molecule has 1 heterocycles. The van der Waals surface area contributed by atoms with Gasteiger partial charge in [0.05, 0.1) is 12.5 Å². The number of carbonyl (C=O) groups excluding carboxylic acids is 2. The van der Waals surface area contributed by atoms with Crippen molar-refractivity contribution >= 4 is 11.8 Å². The topological polar surface area (TPSA) is 78.6 Å². The molecule has 2 aliphatic rings. The van der Waals surface area contributed by atoms with Crippen LogP contribution in [-0.4, -0.2) is 18.4 Å². The van der Waals surface area contributed by atoms with Crippen molar-refractivity contribution in [2.75, 3.05) is 6.61 Å². The van der Waals surface area contributed by atoms with Crippen molar-refractivity contribution in [3.8, 4) is 0 Å². The Morgan fingerprint density at radius 1 is 1.27 bits per heavy atom. The number of Topliss-reactive ketones (excluding diaryl/α,β-unsaturated/α-hetero) is 1. The Morgan fingerprint density at radius 3 is 2.54 bits per heavy atom. The van der Waals surface area contributed by atoms with Gasteiger partial charge in [0.25, 0.3) is 0 Å². The van der Waals surface area contributed by atoms with E-state index in [0.717, 1.165) is 11.1 Å². The molecule has 1 aliphatic heterocycles. The predicted octanol–water partition coefficient (Wildman–Crippen LogP) is 3.49. The third-order valence-corrected chi connectivity index (χ3v) is 4.86. The fraction of sp³-hybridized carbons (Fsp3) is 0.429. The summed E-state index contributed by atoms with van der Waals surface area (Å²) in [4.78, 5) is 25.6. The highest BCUT2D eigenvalue weighted by atomic mass is 16.5. The number of rotatable bonds is 3. The lowest BCUT2D eigenvalue weighted by molar-refractivity contribution is -0.139. The third kappa shape index (κ3) is 3.26. The molecule has 5 heteroatoms. The van der Waals surface area contributed by atoms with Crippen molar-refractivity contribution in [3.63, 3.8) is 0 Å². The van der Waals surface area contributed by atoms with Crippen molar-refractivity contribution in [2.45, 2.75) is 46.5 Å². The Morgan fingerprint density at radius 2 is 1.92 bits per heavy atom. The molecule has 26 heavy (non-hydrogen) atoms. The van der Waals surface area contributed by atoms with Crippen LogP contribution in [0.2, 0.25) is 0 Å². The Kier molecular flexibility index (Phi) is 4.65. The molecule has 0 amide bonds. The molecule has 1 aliphatic carbocycles. The maximum Gasteiger partial charge on any atom is 0.340 e. The Hall–Kier alpha value is -2.56. The van der Waals surface area contributed by atoms with Gasteiger partial charge in [0.2, 0.25) is 5.88 Å². The molecule has 138 valence electrons. The van der Waals surface area contributed by atoms with Crippen LogP contribution in [0.1, 0.15) is 50.7 Å². The second-order valence-electron chi connectivity index (χ2n) is 7.72. The van der Waals surface area contributed by atoms with E-state index in [1.54, 1.807) is 6.92 Å². The molecule has 3 rings (SSSR count). The minimum Gasteiger partial charge on any atom is -0.462 e. The van der Waals surface area contributed by atoms with Crippen LogP contribution in [0.5, 0.6) is 0 Å². The molecule has 0 spiro atoms. The minimum atomic E-state index is -0.554. The third-order valence-electron chi connectivity index (χ3n) is 4.86. The average Bonchev–Trinajstić information content (AvgIpc) is 2.53. The van der Waals surface area contributed by atoms with E-state index in [2.05, 4.69) is 0 Å². The number of allylic oxidation sites excluding steroid dienone is 2. The van der Waals surface area contributed by atoms with Crippen LogP contribution in [0.15, 0.2) is 47.1 Å². The largest absolute Gasteiger partial charge is 0.462 e. The highest BCUT2D eigenvalue weighted by molar-refractivity contribution is 6.03. The van der Waals surface area contributed by atoms with E-state index in [4.69, 9.17) is 15.2 Å². The molecule has 0 radical (unpaired) electrons. The van der Waals surface area contributed by atoms with Crippen LogP contribution in [0.25, 0.3) is 0 Å². The first-order valence-corrected chi connectivity index (χ1v) is 8.91. The summed E-state index contributed by atoms with van der Waals surface area (Å²) in [5.41, 5.74) is 8.60. The number of aryl methyl sites for hydroxylation is 1. The van der Waals surface area contributed by atoms with Gasteiger partial charge in [-0.2, -0.15) is 0 Å². The van der Waals surface area contributed by atoms with Gasteiger partial charge in [0, 0.05) is 18.4 Å². The van der Waals surface area contributed by atoms with Gasteiger partial charge in [-0.15, -0.1) is 0 Å². The highest BCUT2D eigenvalue weighted by Gasteiger charge is 2.44. The van der Waals surface area contributed by atoms with E-state index in [1.807, 2.05) is 45.0 Å². The average molecular weight is 355 g/mol.